The summed E-state index contributed by atoms with van der Waals surface area (Å²) >= 11 is 0. The highest BCUT2D eigenvalue weighted by Gasteiger charge is 2.45. The number of hydrogen-bond acceptors (Lipinski definition) is 9. The average Bonchev–Trinajstić information content (AvgIpc) is 3.00. The Morgan fingerprint density at radius 1 is 0.902 bits per heavy atom. The van der Waals surface area contributed by atoms with E-state index in [-0.39, 0.29) is 6.61 Å². The average molecular weight is 565 g/mol. The molecular formula is C32H36O9. The molecule has 1 saturated heterocycles. The molecule has 0 saturated carbocycles. The number of aryl methyl sites for hydroxylation is 1. The molecule has 9 nitrogen and oxygen atoms in total. The van der Waals surface area contributed by atoms with E-state index in [9.17, 15) is 20.1 Å². The van der Waals surface area contributed by atoms with Crippen molar-refractivity contribution in [3.63, 3.8) is 0 Å². The molecule has 2 aliphatic heterocycles. The van der Waals surface area contributed by atoms with Gasteiger partial charge >= 0.3 is 6.16 Å². The highest BCUT2D eigenvalue weighted by atomic mass is 16.7. The first-order valence-corrected chi connectivity index (χ1v) is 13.9. The van der Waals surface area contributed by atoms with Crippen molar-refractivity contribution < 1.29 is 43.8 Å². The van der Waals surface area contributed by atoms with Crippen LogP contribution >= 0.6 is 0 Å². The zero-order valence-electron chi connectivity index (χ0n) is 23.1. The fourth-order valence-electron chi connectivity index (χ4n) is 5.23. The maximum atomic E-state index is 12.3. The number of carbonyl (C=O) groups excluding carboxylic acids is 1. The minimum absolute atomic E-state index is 0.362. The standard InChI is InChI=1S/C32H36O9/c1-3-21-10-11-23(17-24(21)15-20-9-12-25-26(16-20)38-14-13-37-25)31-30(35)29(34)28(33)27(41-31)18-39-32(36)40-19(2)22-7-5-4-6-8-22/h4-12,16-17,19,27-31,33-35H,3,13-15,18H2,1-2H3/t19-,27+,28+,29-,30+,31-/m0/s1. The molecule has 3 aromatic rings. The molecule has 218 valence electrons. The summed E-state index contributed by atoms with van der Waals surface area (Å²) in [4.78, 5) is 12.3. The van der Waals surface area contributed by atoms with Crippen molar-refractivity contribution in [2.75, 3.05) is 19.8 Å². The van der Waals surface area contributed by atoms with E-state index in [1.54, 1.807) is 6.92 Å². The third-order valence-electron chi connectivity index (χ3n) is 7.56. The lowest BCUT2D eigenvalue weighted by Gasteiger charge is -2.40. The molecule has 5 rings (SSSR count). The minimum Gasteiger partial charge on any atom is -0.486 e. The smallest absolute Gasteiger partial charge is 0.486 e. The summed E-state index contributed by atoms with van der Waals surface area (Å²) in [7, 11) is 0. The van der Waals surface area contributed by atoms with Gasteiger partial charge in [-0.15, -0.1) is 0 Å². The fourth-order valence-corrected chi connectivity index (χ4v) is 5.23. The topological polar surface area (TPSA) is 124 Å². The Labute approximate surface area is 239 Å². The van der Waals surface area contributed by atoms with Crippen LogP contribution in [-0.2, 0) is 27.1 Å². The monoisotopic (exact) mass is 564 g/mol. The van der Waals surface area contributed by atoms with Crippen LogP contribution < -0.4 is 9.47 Å². The Hall–Kier alpha value is -3.63. The largest absolute Gasteiger partial charge is 0.508 e. The SMILES string of the molecule is CCc1ccc([C@@H]2O[C@H](COC(=O)O[C@@H](C)c3ccccc3)[C@@H](O)[C@H](O)[C@H]2O)cc1Cc1ccc2c(c1)OCCO2. The number of aliphatic hydroxyl groups is 3. The van der Waals surface area contributed by atoms with E-state index in [2.05, 4.69) is 6.92 Å². The summed E-state index contributed by atoms with van der Waals surface area (Å²) in [6.45, 7) is 4.46. The maximum Gasteiger partial charge on any atom is 0.508 e. The Kier molecular flexibility index (Phi) is 9.09. The number of aliphatic hydroxyl groups excluding tert-OH is 3. The Morgan fingerprint density at radius 2 is 1.66 bits per heavy atom. The van der Waals surface area contributed by atoms with Gasteiger partial charge in [0, 0.05) is 0 Å². The number of hydrogen-bond donors (Lipinski definition) is 3. The van der Waals surface area contributed by atoms with E-state index in [1.807, 2.05) is 66.7 Å². The van der Waals surface area contributed by atoms with E-state index < -0.39 is 42.8 Å². The van der Waals surface area contributed by atoms with Crippen LogP contribution in [0, 0.1) is 0 Å². The summed E-state index contributed by atoms with van der Waals surface area (Å²) < 4.78 is 28.0. The molecule has 0 spiro atoms. The van der Waals surface area contributed by atoms with Gasteiger partial charge in [-0.25, -0.2) is 4.79 Å². The molecule has 3 N–H and O–H groups in total. The van der Waals surface area contributed by atoms with E-state index in [0.29, 0.717) is 30.9 Å². The molecule has 3 aromatic carbocycles. The third-order valence-corrected chi connectivity index (χ3v) is 7.56. The van der Waals surface area contributed by atoms with Gasteiger partial charge in [0.1, 0.15) is 56.4 Å². The molecule has 2 heterocycles. The second-order valence-corrected chi connectivity index (χ2v) is 10.3. The molecule has 0 radical (unpaired) electrons. The Balaban J connectivity index is 1.28. The van der Waals surface area contributed by atoms with Crippen molar-refractivity contribution in [1.82, 2.24) is 0 Å². The minimum atomic E-state index is -1.51. The highest BCUT2D eigenvalue weighted by Crippen LogP contribution is 2.35. The van der Waals surface area contributed by atoms with Crippen LogP contribution in [-0.4, -0.2) is 65.7 Å². The van der Waals surface area contributed by atoms with Crippen molar-refractivity contribution in [1.29, 1.82) is 0 Å². The van der Waals surface area contributed by atoms with Gasteiger partial charge < -0.3 is 39.0 Å². The van der Waals surface area contributed by atoms with Crippen LogP contribution in [0.15, 0.2) is 66.7 Å². The van der Waals surface area contributed by atoms with Crippen molar-refractivity contribution in [2.24, 2.45) is 0 Å². The first-order valence-electron chi connectivity index (χ1n) is 13.9. The van der Waals surface area contributed by atoms with Gasteiger partial charge in [0.05, 0.1) is 0 Å². The van der Waals surface area contributed by atoms with Gasteiger partial charge in [-0.05, 0) is 59.7 Å². The molecule has 0 aliphatic carbocycles. The molecule has 0 unspecified atom stereocenters. The summed E-state index contributed by atoms with van der Waals surface area (Å²) in [6.07, 6.45) is -6.44. The molecule has 9 heteroatoms. The summed E-state index contributed by atoms with van der Waals surface area (Å²) in [5, 5.41) is 32.1. The molecular weight excluding hydrogens is 528 g/mol. The summed E-state index contributed by atoms with van der Waals surface area (Å²) in [6, 6.07) is 20.9. The molecule has 0 aromatic heterocycles. The van der Waals surface area contributed by atoms with Crippen LogP contribution in [0.3, 0.4) is 0 Å². The van der Waals surface area contributed by atoms with Gasteiger partial charge in [-0.2, -0.15) is 0 Å². The van der Waals surface area contributed by atoms with Gasteiger partial charge in [0.2, 0.25) is 0 Å². The molecule has 2 aliphatic rings. The van der Waals surface area contributed by atoms with Crippen LogP contribution in [0.4, 0.5) is 4.79 Å². The van der Waals surface area contributed by atoms with Gasteiger partial charge in [0.25, 0.3) is 0 Å². The fraction of sp³-hybridized carbons (Fsp3) is 0.406. The van der Waals surface area contributed by atoms with Crippen molar-refractivity contribution >= 4 is 6.16 Å². The van der Waals surface area contributed by atoms with Crippen molar-refractivity contribution in [2.45, 2.75) is 63.3 Å². The van der Waals surface area contributed by atoms with Crippen LogP contribution in [0.1, 0.15) is 53.9 Å². The third kappa shape index (κ3) is 6.65. The molecule has 0 amide bonds. The lowest BCUT2D eigenvalue weighted by molar-refractivity contribution is -0.232. The molecule has 6 atom stereocenters. The number of benzene rings is 3. The van der Waals surface area contributed by atoms with E-state index in [0.717, 1.165) is 34.4 Å². The van der Waals surface area contributed by atoms with Crippen molar-refractivity contribution in [3.05, 3.63) is 94.5 Å². The number of carbonyl (C=O) groups is 1. The summed E-state index contributed by atoms with van der Waals surface area (Å²) in [5.74, 6) is 1.44. The molecule has 0 bridgehead atoms. The van der Waals surface area contributed by atoms with E-state index in [1.165, 1.54) is 0 Å². The summed E-state index contributed by atoms with van der Waals surface area (Å²) in [5.41, 5.74) is 4.64. The van der Waals surface area contributed by atoms with E-state index >= 15 is 0 Å². The maximum absolute atomic E-state index is 12.3. The quantitative estimate of drug-likeness (QED) is 0.348. The predicted molar refractivity (Wildman–Crippen MR) is 149 cm³/mol. The van der Waals surface area contributed by atoms with Gasteiger partial charge in [-0.1, -0.05) is 61.5 Å². The van der Waals surface area contributed by atoms with Crippen LogP contribution in [0.2, 0.25) is 0 Å². The first-order chi connectivity index (χ1) is 19.8. The lowest BCUT2D eigenvalue weighted by Crippen LogP contribution is -2.55. The van der Waals surface area contributed by atoms with Gasteiger partial charge in [0.15, 0.2) is 11.5 Å². The number of ether oxygens (including phenoxy) is 5. The Morgan fingerprint density at radius 3 is 2.41 bits per heavy atom. The second kappa shape index (κ2) is 12.9. The molecule has 1 fully saturated rings. The van der Waals surface area contributed by atoms with E-state index in [4.69, 9.17) is 23.7 Å². The zero-order chi connectivity index (χ0) is 28.9. The van der Waals surface area contributed by atoms with Crippen LogP contribution in [0.25, 0.3) is 0 Å². The first kappa shape index (κ1) is 28.9. The Bertz CT molecular complexity index is 1330. The number of rotatable bonds is 8. The lowest BCUT2D eigenvalue weighted by atomic mass is 9.88. The van der Waals surface area contributed by atoms with Crippen molar-refractivity contribution in [3.8, 4) is 11.5 Å². The zero-order valence-corrected chi connectivity index (χ0v) is 23.1. The highest BCUT2D eigenvalue weighted by molar-refractivity contribution is 5.60. The van der Waals surface area contributed by atoms with Crippen LogP contribution in [0.5, 0.6) is 11.5 Å². The number of fused-ring (bicyclic) bond motifs is 1. The molecule has 41 heavy (non-hydrogen) atoms. The second-order valence-electron chi connectivity index (χ2n) is 10.3. The van der Waals surface area contributed by atoms with Gasteiger partial charge in [-0.3, -0.25) is 0 Å². The normalized spacial score (nSPS) is 24.4. The predicted octanol–water partition coefficient (Wildman–Crippen LogP) is 4.05.